The summed E-state index contributed by atoms with van der Waals surface area (Å²) in [6.45, 7) is 2.32. The molecule has 0 atom stereocenters. The fourth-order valence-electron chi connectivity index (χ4n) is 3.19. The molecule has 2 heterocycles. The minimum atomic E-state index is 0.190. The van der Waals surface area contributed by atoms with Crippen LogP contribution in [0.5, 0.6) is 0 Å². The summed E-state index contributed by atoms with van der Waals surface area (Å²) in [6, 6.07) is 6.20. The lowest BCUT2D eigenvalue weighted by Gasteiger charge is -2.37. The predicted molar refractivity (Wildman–Crippen MR) is 85.1 cm³/mol. The van der Waals surface area contributed by atoms with E-state index in [1.54, 1.807) is 6.08 Å². The molecule has 2 aliphatic rings. The molecule has 3 rings (SSSR count). The monoisotopic (exact) mass is 283 g/mol. The molecule has 0 amide bonds. The molecule has 2 aliphatic heterocycles. The first-order valence-electron chi connectivity index (χ1n) is 7.37. The van der Waals surface area contributed by atoms with Gasteiger partial charge in [0.25, 0.3) is 0 Å². The van der Waals surface area contributed by atoms with Crippen LogP contribution in [0, 0.1) is 11.3 Å². The molecule has 0 fully saturated rings. The molecule has 0 unspecified atom stereocenters. The molecule has 110 valence electrons. The van der Waals surface area contributed by atoms with Crippen LogP contribution in [0.1, 0.15) is 29.5 Å². The number of rotatable bonds is 2. The van der Waals surface area contributed by atoms with Gasteiger partial charge in [-0.25, -0.2) is 0 Å². The number of nitrogens with two attached hydrogens (primary N) is 1. The van der Waals surface area contributed by atoms with E-state index in [0.29, 0.717) is 6.29 Å². The molecule has 1 aromatic rings. The lowest BCUT2D eigenvalue weighted by atomic mass is 9.90. The molecule has 4 heteroatoms. The Balaban J connectivity index is 0.000000774. The fraction of sp³-hybridized carbons (Fsp3) is 0.412. The Morgan fingerprint density at radius 1 is 1.24 bits per heavy atom. The normalized spacial score (nSPS) is 16.2. The van der Waals surface area contributed by atoms with Crippen LogP contribution in [0.2, 0.25) is 0 Å². The number of anilines is 1. The van der Waals surface area contributed by atoms with Gasteiger partial charge < -0.3 is 10.6 Å². The summed E-state index contributed by atoms with van der Waals surface area (Å²) in [5.41, 5.74) is 9.84. The molecule has 0 saturated heterocycles. The third kappa shape index (κ3) is 3.14. The molecule has 2 N–H and O–H groups in total. The van der Waals surface area contributed by atoms with Gasteiger partial charge in [0.05, 0.1) is 5.57 Å². The topological polar surface area (TPSA) is 70.1 Å². The van der Waals surface area contributed by atoms with Gasteiger partial charge >= 0.3 is 0 Å². The quantitative estimate of drug-likeness (QED) is 0.512. The molecule has 0 bridgehead atoms. The van der Waals surface area contributed by atoms with Crippen molar-refractivity contribution in [3.05, 3.63) is 34.4 Å². The second-order valence-corrected chi connectivity index (χ2v) is 5.21. The van der Waals surface area contributed by atoms with E-state index in [1.165, 1.54) is 36.7 Å². The minimum Gasteiger partial charge on any atom is -0.371 e. The average Bonchev–Trinajstić information content (AvgIpc) is 2.55. The highest BCUT2D eigenvalue weighted by Gasteiger charge is 2.23. The maximum atomic E-state index is 10.7. The van der Waals surface area contributed by atoms with E-state index in [2.05, 4.69) is 22.8 Å². The van der Waals surface area contributed by atoms with Crippen molar-refractivity contribution in [1.29, 1.82) is 5.26 Å². The van der Waals surface area contributed by atoms with Crippen molar-refractivity contribution in [2.75, 3.05) is 25.0 Å². The van der Waals surface area contributed by atoms with E-state index in [1.807, 2.05) is 6.07 Å². The Morgan fingerprint density at radius 3 is 2.29 bits per heavy atom. The minimum absolute atomic E-state index is 0.190. The van der Waals surface area contributed by atoms with Crippen molar-refractivity contribution < 1.29 is 4.79 Å². The summed E-state index contributed by atoms with van der Waals surface area (Å²) in [5, 5.41) is 8.85. The smallest absolute Gasteiger partial charge is 0.160 e. The Morgan fingerprint density at radius 2 is 1.81 bits per heavy atom. The number of carbonyl (C=O) groups excluding carboxylic acids is 1. The first-order valence-corrected chi connectivity index (χ1v) is 7.37. The highest BCUT2D eigenvalue weighted by molar-refractivity contribution is 5.87. The van der Waals surface area contributed by atoms with Gasteiger partial charge in [-0.2, -0.15) is 5.26 Å². The number of nitriles is 1. The van der Waals surface area contributed by atoms with Crippen molar-refractivity contribution in [2.45, 2.75) is 25.7 Å². The van der Waals surface area contributed by atoms with E-state index in [-0.39, 0.29) is 5.57 Å². The molecule has 21 heavy (non-hydrogen) atoms. The van der Waals surface area contributed by atoms with Crippen LogP contribution in [0.25, 0.3) is 6.08 Å². The number of aryl methyl sites for hydroxylation is 2. The van der Waals surface area contributed by atoms with Gasteiger partial charge in [0, 0.05) is 18.8 Å². The van der Waals surface area contributed by atoms with E-state index in [0.717, 1.165) is 31.5 Å². The first kappa shape index (κ1) is 15.3. The second kappa shape index (κ2) is 7.05. The van der Waals surface area contributed by atoms with Crippen LogP contribution in [-0.4, -0.2) is 26.4 Å². The molecule has 0 radical (unpaired) electrons. The summed E-state index contributed by atoms with van der Waals surface area (Å²) < 4.78 is 0. The maximum absolute atomic E-state index is 10.7. The molecule has 0 spiro atoms. The van der Waals surface area contributed by atoms with Crippen molar-refractivity contribution in [3.63, 3.8) is 0 Å². The standard InChI is InChI=1S/C16H16N2O.CH5N/c17-10-13(11-19)7-12-8-14-3-1-5-18-6-2-4-15(9-12)16(14)18;1-2/h7-9,11H,1-6H2;2H2,1H3/b13-7+;. The van der Waals surface area contributed by atoms with Gasteiger partial charge in [0.1, 0.15) is 6.07 Å². The second-order valence-electron chi connectivity index (χ2n) is 5.21. The molecular weight excluding hydrogens is 262 g/mol. The van der Waals surface area contributed by atoms with Crippen molar-refractivity contribution >= 4 is 18.0 Å². The number of nitrogens with zero attached hydrogens (tertiary/aromatic N) is 2. The van der Waals surface area contributed by atoms with Crippen molar-refractivity contribution in [2.24, 2.45) is 5.73 Å². The van der Waals surface area contributed by atoms with Gasteiger partial charge in [0.2, 0.25) is 0 Å². The van der Waals surface area contributed by atoms with Gasteiger partial charge in [-0.15, -0.1) is 0 Å². The summed E-state index contributed by atoms with van der Waals surface area (Å²) in [4.78, 5) is 13.2. The number of hydrogen-bond donors (Lipinski definition) is 1. The number of carbonyl (C=O) groups is 1. The van der Waals surface area contributed by atoms with Crippen LogP contribution in [0.3, 0.4) is 0 Å². The summed E-state index contributed by atoms with van der Waals surface area (Å²) in [7, 11) is 1.50. The zero-order chi connectivity index (χ0) is 15.2. The lowest BCUT2D eigenvalue weighted by Crippen LogP contribution is -2.34. The zero-order valence-corrected chi connectivity index (χ0v) is 12.4. The SMILES string of the molecule is CN.N#C/C(C=O)=C\c1cc2c3c(c1)CCCN3CCC2. The number of allylic oxidation sites excluding steroid dienone is 1. The van der Waals surface area contributed by atoms with E-state index < -0.39 is 0 Å². The molecule has 4 nitrogen and oxygen atoms in total. The van der Waals surface area contributed by atoms with Gasteiger partial charge in [0.15, 0.2) is 6.29 Å². The third-order valence-corrected chi connectivity index (χ3v) is 3.93. The van der Waals surface area contributed by atoms with Gasteiger partial charge in [-0.3, -0.25) is 4.79 Å². The van der Waals surface area contributed by atoms with Crippen LogP contribution in [0.15, 0.2) is 17.7 Å². The summed E-state index contributed by atoms with van der Waals surface area (Å²) >= 11 is 0. The average molecular weight is 283 g/mol. The number of hydrogen-bond acceptors (Lipinski definition) is 4. The van der Waals surface area contributed by atoms with Crippen molar-refractivity contribution in [3.8, 4) is 6.07 Å². The Bertz CT molecular complexity index is 568. The van der Waals surface area contributed by atoms with Crippen LogP contribution >= 0.6 is 0 Å². The van der Waals surface area contributed by atoms with Gasteiger partial charge in [-0.05, 0) is 67.6 Å². The molecule has 0 aliphatic carbocycles. The summed E-state index contributed by atoms with van der Waals surface area (Å²) in [6.07, 6.45) is 6.90. The predicted octanol–water partition coefficient (Wildman–Crippen LogP) is 2.07. The molecular formula is C17H21N3O. The zero-order valence-electron chi connectivity index (χ0n) is 12.4. The van der Waals surface area contributed by atoms with Crippen LogP contribution < -0.4 is 10.6 Å². The van der Waals surface area contributed by atoms with E-state index in [9.17, 15) is 4.79 Å². The number of aldehydes is 1. The fourth-order valence-corrected chi connectivity index (χ4v) is 3.19. The molecule has 1 aromatic carbocycles. The Kier molecular flexibility index (Phi) is 5.13. The summed E-state index contributed by atoms with van der Waals surface area (Å²) in [5.74, 6) is 0. The highest BCUT2D eigenvalue weighted by Crippen LogP contribution is 2.36. The molecule has 0 saturated carbocycles. The van der Waals surface area contributed by atoms with Crippen molar-refractivity contribution in [1.82, 2.24) is 0 Å². The first-order chi connectivity index (χ1) is 10.3. The third-order valence-electron chi connectivity index (χ3n) is 3.93. The number of benzene rings is 1. The largest absolute Gasteiger partial charge is 0.371 e. The van der Waals surface area contributed by atoms with Gasteiger partial charge in [-0.1, -0.05) is 0 Å². The van der Waals surface area contributed by atoms with E-state index in [4.69, 9.17) is 5.26 Å². The maximum Gasteiger partial charge on any atom is 0.160 e. The molecule has 0 aromatic heterocycles. The Hall–Kier alpha value is -2.12. The van der Waals surface area contributed by atoms with Crippen LogP contribution in [-0.2, 0) is 17.6 Å². The van der Waals surface area contributed by atoms with E-state index >= 15 is 0 Å². The van der Waals surface area contributed by atoms with Crippen LogP contribution in [0.4, 0.5) is 5.69 Å². The Labute approximate surface area is 125 Å². The highest BCUT2D eigenvalue weighted by atomic mass is 16.1. The lowest BCUT2D eigenvalue weighted by molar-refractivity contribution is -0.104.